The molecule has 6 aromatic carbocycles. The van der Waals surface area contributed by atoms with Crippen LogP contribution < -0.4 is 29.6 Å². The minimum atomic E-state index is -0.183. The summed E-state index contributed by atoms with van der Waals surface area (Å²) in [4.78, 5) is 23.4. The van der Waals surface area contributed by atoms with Gasteiger partial charge >= 0.3 is 0 Å². The number of benzene rings is 6. The molecule has 0 bridgehead atoms. The molecule has 0 saturated heterocycles. The van der Waals surface area contributed by atoms with Gasteiger partial charge in [-0.2, -0.15) is 0 Å². The van der Waals surface area contributed by atoms with Crippen LogP contribution in [0.25, 0.3) is 0 Å². The topological polar surface area (TPSA) is 104 Å². The summed E-state index contributed by atoms with van der Waals surface area (Å²) in [5, 5.41) is 5.71. The molecule has 2 N–H and O–H groups in total. The second-order valence-corrected chi connectivity index (χ2v) is 15.3. The first-order valence-electron chi connectivity index (χ1n) is 20.4. The zero-order valence-electron chi connectivity index (χ0n) is 35.0. The van der Waals surface area contributed by atoms with Crippen molar-refractivity contribution in [2.45, 2.75) is 65.6 Å². The number of nitrogens with one attached hydrogen (secondary N) is 2. The van der Waals surface area contributed by atoms with Gasteiger partial charge in [0.2, 0.25) is 11.8 Å². The predicted molar refractivity (Wildman–Crippen MR) is 238 cm³/mol. The Bertz CT molecular complexity index is 2270. The lowest BCUT2D eigenvalue weighted by Gasteiger charge is -2.11. The Morgan fingerprint density at radius 2 is 0.950 bits per heavy atom. The SMILES string of the molecule is CC(C)c1ccc(Oc2cccc(OCc3ccc(NC(=O)C4CC4)cc3)c2)cc1.COCC(=O)Nc1ccc(COc2cccc(Oc3ccc(C(C)C)cc3)c2)cc1. The molecular weight excluding hydrogens is 753 g/mol. The first kappa shape index (κ1) is 43.0. The number of hydrogen-bond donors (Lipinski definition) is 2. The van der Waals surface area contributed by atoms with Gasteiger partial charge in [0, 0.05) is 36.5 Å². The molecule has 2 amide bonds. The van der Waals surface area contributed by atoms with Crippen LogP contribution in [0.15, 0.2) is 146 Å². The first-order valence-corrected chi connectivity index (χ1v) is 20.4. The van der Waals surface area contributed by atoms with Crippen LogP contribution in [0.1, 0.15) is 74.6 Å². The Morgan fingerprint density at radius 3 is 1.35 bits per heavy atom. The molecule has 9 heteroatoms. The third-order valence-electron chi connectivity index (χ3n) is 9.67. The zero-order chi connectivity index (χ0) is 42.3. The summed E-state index contributed by atoms with van der Waals surface area (Å²) < 4.78 is 28.5. The number of amides is 2. The van der Waals surface area contributed by atoms with Gasteiger partial charge in [-0.25, -0.2) is 0 Å². The van der Waals surface area contributed by atoms with Crippen molar-refractivity contribution in [3.8, 4) is 34.5 Å². The van der Waals surface area contributed by atoms with Gasteiger partial charge in [0.25, 0.3) is 0 Å². The Morgan fingerprint density at radius 1 is 0.533 bits per heavy atom. The summed E-state index contributed by atoms with van der Waals surface area (Å²) in [5.41, 5.74) is 6.15. The van der Waals surface area contributed by atoms with Gasteiger partial charge in [-0.15, -0.1) is 0 Å². The van der Waals surface area contributed by atoms with Crippen molar-refractivity contribution in [3.63, 3.8) is 0 Å². The lowest BCUT2D eigenvalue weighted by molar-refractivity contribution is -0.119. The number of anilines is 2. The van der Waals surface area contributed by atoms with E-state index in [1.165, 1.54) is 18.2 Å². The highest BCUT2D eigenvalue weighted by molar-refractivity contribution is 5.94. The monoisotopic (exact) mass is 806 g/mol. The number of ether oxygens (including phenoxy) is 5. The van der Waals surface area contributed by atoms with Gasteiger partial charge in [-0.3, -0.25) is 9.59 Å². The molecule has 7 rings (SSSR count). The van der Waals surface area contributed by atoms with E-state index in [1.807, 2.05) is 121 Å². The van der Waals surface area contributed by atoms with E-state index in [9.17, 15) is 9.59 Å². The fourth-order valence-corrected chi connectivity index (χ4v) is 5.99. The highest BCUT2D eigenvalue weighted by Crippen LogP contribution is 2.31. The van der Waals surface area contributed by atoms with E-state index in [1.54, 1.807) is 0 Å². The molecule has 60 heavy (non-hydrogen) atoms. The van der Waals surface area contributed by atoms with Gasteiger partial charge < -0.3 is 34.3 Å². The van der Waals surface area contributed by atoms with Crippen LogP contribution in [0.2, 0.25) is 0 Å². The molecule has 0 radical (unpaired) electrons. The van der Waals surface area contributed by atoms with Crippen LogP contribution in [-0.2, 0) is 27.5 Å². The number of carbonyl (C=O) groups excluding carboxylic acids is 2. The minimum absolute atomic E-state index is 0.0329. The summed E-state index contributed by atoms with van der Waals surface area (Å²) in [6, 6.07) is 46.8. The molecule has 0 atom stereocenters. The molecular formula is C51H54N2O7. The highest BCUT2D eigenvalue weighted by Gasteiger charge is 2.29. The molecule has 0 heterocycles. The average molecular weight is 807 g/mol. The van der Waals surface area contributed by atoms with Crippen LogP contribution in [0.5, 0.6) is 34.5 Å². The highest BCUT2D eigenvalue weighted by atomic mass is 16.5. The van der Waals surface area contributed by atoms with Crippen molar-refractivity contribution >= 4 is 23.2 Å². The van der Waals surface area contributed by atoms with Crippen LogP contribution in [0.4, 0.5) is 11.4 Å². The van der Waals surface area contributed by atoms with Crippen molar-refractivity contribution in [1.82, 2.24) is 0 Å². The van der Waals surface area contributed by atoms with E-state index in [0.717, 1.165) is 69.8 Å². The zero-order valence-corrected chi connectivity index (χ0v) is 35.0. The Balaban J connectivity index is 0.000000201. The van der Waals surface area contributed by atoms with Gasteiger partial charge in [-0.1, -0.05) is 88.4 Å². The molecule has 1 aliphatic rings. The summed E-state index contributed by atoms with van der Waals surface area (Å²) >= 11 is 0. The fourth-order valence-electron chi connectivity index (χ4n) is 5.99. The molecule has 6 aromatic rings. The number of hydrogen-bond acceptors (Lipinski definition) is 7. The molecule has 0 aromatic heterocycles. The molecule has 1 fully saturated rings. The summed E-state index contributed by atoms with van der Waals surface area (Å²) in [6.07, 6.45) is 2.01. The maximum Gasteiger partial charge on any atom is 0.250 e. The predicted octanol–water partition coefficient (Wildman–Crippen LogP) is 12.3. The number of rotatable bonds is 17. The Labute approximate surface area is 353 Å². The fraction of sp³-hybridized carbons (Fsp3) is 0.255. The molecule has 0 unspecified atom stereocenters. The third-order valence-corrected chi connectivity index (χ3v) is 9.67. The van der Waals surface area contributed by atoms with Crippen molar-refractivity contribution in [3.05, 3.63) is 168 Å². The van der Waals surface area contributed by atoms with E-state index >= 15 is 0 Å². The maximum absolute atomic E-state index is 11.8. The quantitative estimate of drug-likeness (QED) is 0.0945. The van der Waals surface area contributed by atoms with Crippen LogP contribution >= 0.6 is 0 Å². The van der Waals surface area contributed by atoms with E-state index in [4.69, 9.17) is 23.7 Å². The van der Waals surface area contributed by atoms with E-state index < -0.39 is 0 Å². The van der Waals surface area contributed by atoms with Gasteiger partial charge in [-0.05, 0) is 120 Å². The molecule has 0 aliphatic heterocycles. The standard InChI is InChI=1S/C26H27NO3.C25H27NO4/c1-18(2)20-10-14-23(15-11-20)30-25-5-3-4-24(16-25)29-17-19-6-12-22(13-7-19)27-26(28)21-8-9-21;1-18(2)20-9-13-22(14-10-20)30-24-6-4-5-23(15-24)29-16-19-7-11-21(12-8-19)26-25(27)17-28-3/h3-7,10-16,18,21H,8-9,17H2,1-2H3,(H,27,28);4-15,18H,16-17H2,1-3H3,(H,26,27). The van der Waals surface area contributed by atoms with Crippen LogP contribution in [0, 0.1) is 5.92 Å². The summed E-state index contributed by atoms with van der Waals surface area (Å²) in [7, 11) is 1.49. The second kappa shape index (κ2) is 21.4. The third kappa shape index (κ3) is 13.8. The van der Waals surface area contributed by atoms with Crippen molar-refractivity contribution in [2.75, 3.05) is 24.4 Å². The molecule has 1 aliphatic carbocycles. The van der Waals surface area contributed by atoms with Crippen LogP contribution in [0.3, 0.4) is 0 Å². The maximum atomic E-state index is 11.8. The molecule has 1 saturated carbocycles. The second-order valence-electron chi connectivity index (χ2n) is 15.3. The number of carbonyl (C=O) groups is 2. The van der Waals surface area contributed by atoms with Gasteiger partial charge in [0.05, 0.1) is 0 Å². The normalized spacial score (nSPS) is 11.9. The van der Waals surface area contributed by atoms with Gasteiger partial charge in [0.15, 0.2) is 0 Å². The number of methoxy groups -OCH3 is 1. The minimum Gasteiger partial charge on any atom is -0.489 e. The molecule has 9 nitrogen and oxygen atoms in total. The smallest absolute Gasteiger partial charge is 0.250 e. The molecule has 0 spiro atoms. The van der Waals surface area contributed by atoms with Gasteiger partial charge in [0.1, 0.15) is 54.3 Å². The van der Waals surface area contributed by atoms with Crippen molar-refractivity contribution in [2.24, 2.45) is 5.92 Å². The first-order chi connectivity index (χ1) is 29.1. The van der Waals surface area contributed by atoms with Crippen molar-refractivity contribution in [1.29, 1.82) is 0 Å². The largest absolute Gasteiger partial charge is 0.489 e. The van der Waals surface area contributed by atoms with E-state index in [0.29, 0.717) is 25.0 Å². The lowest BCUT2D eigenvalue weighted by Crippen LogP contribution is -2.16. The summed E-state index contributed by atoms with van der Waals surface area (Å²) in [6.45, 7) is 9.58. The lowest BCUT2D eigenvalue weighted by atomic mass is 10.0. The Kier molecular flexibility index (Phi) is 15.4. The average Bonchev–Trinajstić information content (AvgIpc) is 4.11. The van der Waals surface area contributed by atoms with E-state index in [-0.39, 0.29) is 24.3 Å². The summed E-state index contributed by atoms with van der Waals surface area (Å²) in [5.74, 6) is 5.67. The van der Waals surface area contributed by atoms with Crippen molar-refractivity contribution < 1.29 is 33.3 Å². The van der Waals surface area contributed by atoms with Crippen LogP contribution in [-0.4, -0.2) is 25.5 Å². The molecule has 310 valence electrons. The van der Waals surface area contributed by atoms with E-state index in [2.05, 4.69) is 62.6 Å². The Hall–Kier alpha value is -6.58.